The Morgan fingerprint density at radius 1 is 1.17 bits per heavy atom. The number of anilines is 1. The van der Waals surface area contributed by atoms with Crippen molar-refractivity contribution in [2.75, 3.05) is 45.2 Å². The molecule has 0 saturated heterocycles. The minimum Gasteiger partial charge on any atom is -0.378 e. The second kappa shape index (κ2) is 10.8. The van der Waals surface area contributed by atoms with E-state index in [4.69, 9.17) is 0 Å². The molecule has 9 heteroatoms. The molecule has 0 fully saturated rings. The van der Waals surface area contributed by atoms with Crippen LogP contribution >= 0.6 is 11.3 Å². The van der Waals surface area contributed by atoms with Gasteiger partial charge in [-0.05, 0) is 37.2 Å². The van der Waals surface area contributed by atoms with Crippen LogP contribution in [-0.4, -0.2) is 56.1 Å². The topological polar surface area (TPSA) is 48.5 Å². The molecule has 0 saturated carbocycles. The van der Waals surface area contributed by atoms with Crippen molar-refractivity contribution in [3.8, 4) is 0 Å². The first-order valence-corrected chi connectivity index (χ1v) is 10.8. The first-order chi connectivity index (χ1) is 14.2. The minimum atomic E-state index is -4.66. The highest BCUT2D eigenvalue weighted by molar-refractivity contribution is 7.13. The Hall–Kier alpha value is -2.13. The second-order valence-electron chi connectivity index (χ2n) is 7.13. The molecule has 1 amide bonds. The van der Waals surface area contributed by atoms with Gasteiger partial charge in [-0.1, -0.05) is 26.0 Å². The van der Waals surface area contributed by atoms with Crippen LogP contribution in [0.2, 0.25) is 0 Å². The van der Waals surface area contributed by atoms with E-state index in [1.54, 1.807) is 0 Å². The molecule has 0 aliphatic carbocycles. The molecular weight excluding hydrogens is 413 g/mol. The summed E-state index contributed by atoms with van der Waals surface area (Å²) in [6.45, 7) is 6.49. The summed E-state index contributed by atoms with van der Waals surface area (Å²) in [5.41, 5.74) is 0.939. The molecule has 0 aliphatic rings. The Morgan fingerprint density at radius 3 is 2.47 bits per heavy atom. The second-order valence-corrected chi connectivity index (χ2v) is 8.21. The Labute approximate surface area is 179 Å². The number of nitrogens with one attached hydrogen (secondary N) is 1. The molecule has 1 heterocycles. The molecule has 1 aromatic carbocycles. The Kier molecular flexibility index (Phi) is 8.66. The van der Waals surface area contributed by atoms with Gasteiger partial charge >= 0.3 is 6.18 Å². The number of benzene rings is 1. The summed E-state index contributed by atoms with van der Waals surface area (Å²) in [5.74, 6) is -0.724. The van der Waals surface area contributed by atoms with Gasteiger partial charge in [0.15, 0.2) is 5.69 Å². The maximum absolute atomic E-state index is 13.4. The third-order valence-electron chi connectivity index (χ3n) is 4.81. The number of carbonyl (C=O) groups is 1. The van der Waals surface area contributed by atoms with E-state index in [1.165, 1.54) is 0 Å². The largest absolute Gasteiger partial charge is 0.435 e. The van der Waals surface area contributed by atoms with Gasteiger partial charge < -0.3 is 15.1 Å². The number of nitrogens with zero attached hydrogens (tertiary/aromatic N) is 3. The Bertz CT molecular complexity index is 832. The highest BCUT2D eigenvalue weighted by Crippen LogP contribution is 2.34. The predicted octanol–water partition coefficient (Wildman–Crippen LogP) is 4.08. The van der Waals surface area contributed by atoms with Crippen LogP contribution in [-0.2, 0) is 19.0 Å². The first kappa shape index (κ1) is 24.1. The number of aromatic nitrogens is 1. The Morgan fingerprint density at radius 2 is 1.87 bits per heavy atom. The van der Waals surface area contributed by atoms with Gasteiger partial charge in [-0.25, -0.2) is 4.98 Å². The third kappa shape index (κ3) is 6.70. The molecule has 5 nitrogen and oxygen atoms in total. The molecule has 0 spiro atoms. The van der Waals surface area contributed by atoms with Crippen LogP contribution in [0.1, 0.15) is 39.8 Å². The zero-order valence-electron chi connectivity index (χ0n) is 17.8. The number of rotatable bonds is 10. The molecule has 2 rings (SSSR count). The van der Waals surface area contributed by atoms with Crippen LogP contribution in [0, 0.1) is 0 Å². The standard InChI is InChI=1S/C21H29F3N4OS/c1-5-28(6-2)13-11-17-26-19(21(22,23)24)18(30-17)20(29)25-12-10-15-8-7-9-16(14-15)27(3)4/h7-9,14H,5-6,10-13H2,1-4H3,(H,25,29). The number of thiazole rings is 1. The van der Waals surface area contributed by atoms with Crippen LogP contribution in [0.15, 0.2) is 24.3 Å². The van der Waals surface area contributed by atoms with Crippen LogP contribution in [0.4, 0.5) is 18.9 Å². The van der Waals surface area contributed by atoms with Crippen LogP contribution in [0.5, 0.6) is 0 Å². The van der Waals surface area contributed by atoms with Crippen LogP contribution < -0.4 is 10.2 Å². The van der Waals surface area contributed by atoms with Gasteiger partial charge in [0.25, 0.3) is 5.91 Å². The summed E-state index contributed by atoms with van der Waals surface area (Å²) in [4.78, 5) is 19.9. The average Bonchev–Trinajstić information content (AvgIpc) is 3.14. The smallest absolute Gasteiger partial charge is 0.378 e. The van der Waals surface area contributed by atoms with E-state index in [0.717, 1.165) is 35.7 Å². The van der Waals surface area contributed by atoms with Gasteiger partial charge in [-0.15, -0.1) is 11.3 Å². The molecule has 0 aliphatic heterocycles. The van der Waals surface area contributed by atoms with E-state index in [1.807, 2.05) is 57.1 Å². The van der Waals surface area contributed by atoms with Gasteiger partial charge in [0, 0.05) is 39.3 Å². The molecule has 1 aromatic heterocycles. The lowest BCUT2D eigenvalue weighted by molar-refractivity contribution is -0.141. The third-order valence-corrected chi connectivity index (χ3v) is 5.92. The van der Waals surface area contributed by atoms with Crippen molar-refractivity contribution in [1.29, 1.82) is 0 Å². The maximum atomic E-state index is 13.4. The van der Waals surface area contributed by atoms with Gasteiger partial charge in [0.05, 0.1) is 5.01 Å². The van der Waals surface area contributed by atoms with Crippen molar-refractivity contribution in [2.45, 2.75) is 32.9 Å². The number of likely N-dealkylation sites (N-methyl/N-ethyl adjacent to an activating group) is 1. The van der Waals surface area contributed by atoms with Gasteiger partial charge in [0.2, 0.25) is 0 Å². The fraction of sp³-hybridized carbons (Fsp3) is 0.524. The fourth-order valence-electron chi connectivity index (χ4n) is 3.00. The van der Waals surface area contributed by atoms with Crippen molar-refractivity contribution < 1.29 is 18.0 Å². The fourth-order valence-corrected chi connectivity index (χ4v) is 3.99. The van der Waals surface area contributed by atoms with Crippen LogP contribution in [0.25, 0.3) is 0 Å². The van der Waals surface area contributed by atoms with E-state index in [2.05, 4.69) is 15.2 Å². The van der Waals surface area contributed by atoms with Crippen LogP contribution in [0.3, 0.4) is 0 Å². The lowest BCUT2D eigenvalue weighted by Crippen LogP contribution is -2.27. The maximum Gasteiger partial charge on any atom is 0.435 e. The molecule has 2 aromatic rings. The zero-order valence-corrected chi connectivity index (χ0v) is 18.7. The van der Waals surface area contributed by atoms with E-state index in [0.29, 0.717) is 24.4 Å². The van der Waals surface area contributed by atoms with Crippen molar-refractivity contribution in [1.82, 2.24) is 15.2 Å². The van der Waals surface area contributed by atoms with Gasteiger partial charge in [-0.2, -0.15) is 13.2 Å². The molecule has 30 heavy (non-hydrogen) atoms. The van der Waals surface area contributed by atoms with E-state index in [-0.39, 0.29) is 11.4 Å². The Balaban J connectivity index is 2.05. The van der Waals surface area contributed by atoms with Crippen molar-refractivity contribution in [3.05, 3.63) is 45.4 Å². The number of carbonyl (C=O) groups excluding carboxylic acids is 1. The SMILES string of the molecule is CCN(CC)CCc1nc(C(F)(F)F)c(C(=O)NCCc2cccc(N(C)C)c2)s1. The molecule has 1 N–H and O–H groups in total. The summed E-state index contributed by atoms with van der Waals surface area (Å²) >= 11 is 0.834. The summed E-state index contributed by atoms with van der Waals surface area (Å²) in [7, 11) is 3.86. The van der Waals surface area contributed by atoms with Crippen molar-refractivity contribution in [3.63, 3.8) is 0 Å². The molecular formula is C21H29F3N4OS. The molecule has 0 radical (unpaired) electrons. The molecule has 0 atom stereocenters. The highest BCUT2D eigenvalue weighted by atomic mass is 32.1. The first-order valence-electron chi connectivity index (χ1n) is 9.99. The van der Waals surface area contributed by atoms with E-state index >= 15 is 0 Å². The zero-order chi connectivity index (χ0) is 22.3. The summed E-state index contributed by atoms with van der Waals surface area (Å²) in [6.07, 6.45) is -3.74. The number of amides is 1. The number of hydrogen-bond donors (Lipinski definition) is 1. The van der Waals surface area contributed by atoms with E-state index < -0.39 is 17.8 Å². The average molecular weight is 443 g/mol. The quantitative estimate of drug-likeness (QED) is 0.602. The predicted molar refractivity (Wildman–Crippen MR) is 115 cm³/mol. The molecule has 166 valence electrons. The lowest BCUT2D eigenvalue weighted by Gasteiger charge is -2.16. The van der Waals surface area contributed by atoms with Gasteiger partial charge in [-0.3, -0.25) is 4.79 Å². The number of halogens is 3. The molecule has 0 unspecified atom stereocenters. The highest BCUT2D eigenvalue weighted by Gasteiger charge is 2.39. The van der Waals surface area contributed by atoms with Crippen molar-refractivity contribution in [2.24, 2.45) is 0 Å². The summed E-state index contributed by atoms with van der Waals surface area (Å²) < 4.78 is 40.2. The lowest BCUT2D eigenvalue weighted by atomic mass is 10.1. The molecule has 0 bridgehead atoms. The van der Waals surface area contributed by atoms with Crippen molar-refractivity contribution >= 4 is 22.9 Å². The van der Waals surface area contributed by atoms with Gasteiger partial charge in [0.1, 0.15) is 4.88 Å². The summed E-state index contributed by atoms with van der Waals surface area (Å²) in [5, 5.41) is 2.95. The monoisotopic (exact) mass is 442 g/mol. The minimum absolute atomic E-state index is 0.250. The summed E-state index contributed by atoms with van der Waals surface area (Å²) in [6, 6.07) is 7.80. The normalized spacial score (nSPS) is 11.7. The van der Waals surface area contributed by atoms with E-state index in [9.17, 15) is 18.0 Å². The number of alkyl halides is 3. The number of hydrogen-bond acceptors (Lipinski definition) is 5.